The van der Waals surface area contributed by atoms with Crippen molar-refractivity contribution in [1.82, 2.24) is 14.8 Å². The number of hydrogen-bond donors (Lipinski definition) is 0. The summed E-state index contributed by atoms with van der Waals surface area (Å²) in [7, 11) is 0. The number of benzene rings is 2. The molecule has 0 unspecified atom stereocenters. The van der Waals surface area contributed by atoms with Crippen LogP contribution in [-0.4, -0.2) is 33.9 Å². The van der Waals surface area contributed by atoms with Gasteiger partial charge in [0.2, 0.25) is 0 Å². The van der Waals surface area contributed by atoms with Crippen LogP contribution in [0.3, 0.4) is 0 Å². The Morgan fingerprint density at radius 2 is 1.79 bits per heavy atom. The molecule has 1 aliphatic rings. The van der Waals surface area contributed by atoms with Crippen molar-refractivity contribution < 1.29 is 17.9 Å². The molecule has 5 nitrogen and oxygen atoms in total. The average molecular weight is 465 g/mol. The van der Waals surface area contributed by atoms with E-state index in [1.807, 2.05) is 40.3 Å². The third kappa shape index (κ3) is 4.97. The van der Waals surface area contributed by atoms with Crippen LogP contribution in [0.25, 0.3) is 11.1 Å². The first-order valence-corrected chi connectivity index (χ1v) is 9.61. The highest BCUT2D eigenvalue weighted by molar-refractivity contribution is 9.10. The van der Waals surface area contributed by atoms with E-state index in [4.69, 9.17) is 0 Å². The minimum Gasteiger partial charge on any atom is -0.406 e. The van der Waals surface area contributed by atoms with Crippen LogP contribution >= 0.6 is 15.9 Å². The van der Waals surface area contributed by atoms with Crippen LogP contribution in [0.4, 0.5) is 13.2 Å². The van der Waals surface area contributed by atoms with Crippen molar-refractivity contribution in [2.75, 3.05) is 6.54 Å². The van der Waals surface area contributed by atoms with E-state index in [-0.39, 0.29) is 5.75 Å². The number of rotatable bonds is 5. The number of nitrogens with zero attached hydrogens (tertiary/aromatic N) is 4. The largest absolute Gasteiger partial charge is 0.573 e. The molecule has 150 valence electrons. The Kier molecular flexibility index (Phi) is 5.31. The molecule has 0 radical (unpaired) electrons. The Morgan fingerprint density at radius 1 is 1.03 bits per heavy atom. The van der Waals surface area contributed by atoms with Crippen molar-refractivity contribution in [1.29, 1.82) is 0 Å². The summed E-state index contributed by atoms with van der Waals surface area (Å²) in [6.07, 6.45) is 0.780. The Hall–Kier alpha value is -2.81. The van der Waals surface area contributed by atoms with E-state index in [1.54, 1.807) is 18.3 Å². The highest BCUT2D eigenvalue weighted by Crippen LogP contribution is 2.28. The van der Waals surface area contributed by atoms with Gasteiger partial charge >= 0.3 is 6.36 Å². The summed E-state index contributed by atoms with van der Waals surface area (Å²) in [4.78, 5) is 0. The van der Waals surface area contributed by atoms with Crippen LogP contribution in [0.15, 0.2) is 64.4 Å². The predicted octanol–water partition coefficient (Wildman–Crippen LogP) is 5.06. The molecule has 9 heteroatoms. The van der Waals surface area contributed by atoms with Gasteiger partial charge in [0, 0.05) is 6.20 Å². The summed E-state index contributed by atoms with van der Waals surface area (Å²) >= 11 is 3.38. The maximum Gasteiger partial charge on any atom is 0.573 e. The van der Waals surface area contributed by atoms with E-state index in [0.717, 1.165) is 26.7 Å². The van der Waals surface area contributed by atoms with Crippen LogP contribution in [0.5, 0.6) is 5.75 Å². The standard InChI is InChI=1S/C20H16BrF3N4O/c21-18-11-26-28(13-18)8-7-27-12-17-9-15(1-2-16(17)10-25-27)14-3-5-19(6-4-14)29-20(22,23)24/h1-6,9-11,13H,7-8,12H2. The molecule has 2 aromatic carbocycles. The van der Waals surface area contributed by atoms with Crippen molar-refractivity contribution in [3.8, 4) is 16.9 Å². The molecular weight excluding hydrogens is 449 g/mol. The smallest absolute Gasteiger partial charge is 0.406 e. The third-order valence-electron chi connectivity index (χ3n) is 4.47. The zero-order valence-electron chi connectivity index (χ0n) is 15.1. The van der Waals surface area contributed by atoms with E-state index in [2.05, 4.69) is 30.9 Å². The first-order chi connectivity index (χ1) is 13.9. The lowest BCUT2D eigenvalue weighted by Gasteiger charge is -2.24. The molecule has 1 aliphatic heterocycles. The van der Waals surface area contributed by atoms with Crippen molar-refractivity contribution in [2.24, 2.45) is 5.10 Å². The topological polar surface area (TPSA) is 42.6 Å². The molecule has 0 spiro atoms. The van der Waals surface area contributed by atoms with Gasteiger partial charge in [0.15, 0.2) is 0 Å². The molecule has 0 saturated heterocycles. The molecule has 0 atom stereocenters. The fourth-order valence-electron chi connectivity index (χ4n) is 3.09. The first kappa shape index (κ1) is 19.5. The quantitative estimate of drug-likeness (QED) is 0.529. The maximum absolute atomic E-state index is 12.3. The molecule has 4 rings (SSSR count). The third-order valence-corrected chi connectivity index (χ3v) is 4.88. The van der Waals surface area contributed by atoms with Crippen molar-refractivity contribution in [3.05, 3.63) is 70.5 Å². The molecule has 3 aromatic rings. The first-order valence-electron chi connectivity index (χ1n) is 8.82. The average Bonchev–Trinajstić information content (AvgIpc) is 3.10. The molecule has 0 saturated carbocycles. The summed E-state index contributed by atoms with van der Waals surface area (Å²) in [5, 5.41) is 10.7. The van der Waals surface area contributed by atoms with Crippen LogP contribution in [0, 0.1) is 0 Å². The second-order valence-corrected chi connectivity index (χ2v) is 7.46. The van der Waals surface area contributed by atoms with Crippen molar-refractivity contribution >= 4 is 22.1 Å². The summed E-state index contributed by atoms with van der Waals surface area (Å²) in [5.74, 6) is -0.234. The molecular formula is C20H16BrF3N4O. The van der Waals surface area contributed by atoms with Gasteiger partial charge in [-0.25, -0.2) is 0 Å². The number of aromatic nitrogens is 2. The van der Waals surface area contributed by atoms with Gasteiger partial charge < -0.3 is 4.74 Å². The lowest BCUT2D eigenvalue weighted by molar-refractivity contribution is -0.274. The highest BCUT2D eigenvalue weighted by atomic mass is 79.9. The minimum absolute atomic E-state index is 0.234. The SMILES string of the molecule is FC(F)(F)Oc1ccc(-c2ccc3c(c2)CN(CCn2cc(Br)cn2)N=C3)cc1. The van der Waals surface area contributed by atoms with Gasteiger partial charge in [-0.1, -0.05) is 24.3 Å². The fraction of sp³-hybridized carbons (Fsp3) is 0.200. The second kappa shape index (κ2) is 7.90. The summed E-state index contributed by atoms with van der Waals surface area (Å²) < 4.78 is 43.6. The molecule has 29 heavy (non-hydrogen) atoms. The van der Waals surface area contributed by atoms with Gasteiger partial charge in [-0.05, 0) is 56.4 Å². The van der Waals surface area contributed by atoms with Gasteiger partial charge in [0.05, 0.1) is 36.5 Å². The summed E-state index contributed by atoms with van der Waals surface area (Å²) in [6, 6.07) is 11.8. The van der Waals surface area contributed by atoms with E-state index in [1.165, 1.54) is 12.1 Å². The Bertz CT molecular complexity index is 1030. The Labute approximate surface area is 173 Å². The molecule has 2 heterocycles. The highest BCUT2D eigenvalue weighted by Gasteiger charge is 2.31. The van der Waals surface area contributed by atoms with Crippen LogP contribution in [0.1, 0.15) is 11.1 Å². The number of halogens is 4. The molecule has 0 bridgehead atoms. The molecule has 1 aromatic heterocycles. The number of hydrazone groups is 1. The summed E-state index contributed by atoms with van der Waals surface area (Å²) in [6.45, 7) is 2.06. The summed E-state index contributed by atoms with van der Waals surface area (Å²) in [5.41, 5.74) is 3.88. The Morgan fingerprint density at radius 3 is 2.48 bits per heavy atom. The molecule has 0 amide bonds. The number of fused-ring (bicyclic) bond motifs is 1. The number of alkyl halides is 3. The van der Waals surface area contributed by atoms with E-state index < -0.39 is 6.36 Å². The van der Waals surface area contributed by atoms with Crippen molar-refractivity contribution in [2.45, 2.75) is 19.5 Å². The van der Waals surface area contributed by atoms with E-state index >= 15 is 0 Å². The Balaban J connectivity index is 1.45. The van der Waals surface area contributed by atoms with Gasteiger partial charge in [-0.15, -0.1) is 13.2 Å². The normalized spacial score (nSPS) is 13.4. The van der Waals surface area contributed by atoms with Gasteiger partial charge in [-0.3, -0.25) is 9.69 Å². The number of hydrogen-bond acceptors (Lipinski definition) is 4. The zero-order chi connectivity index (χ0) is 20.4. The maximum atomic E-state index is 12.3. The van der Waals surface area contributed by atoms with E-state index in [9.17, 15) is 13.2 Å². The van der Waals surface area contributed by atoms with Crippen LogP contribution < -0.4 is 4.74 Å². The molecule has 0 fully saturated rings. The fourth-order valence-corrected chi connectivity index (χ4v) is 3.42. The monoisotopic (exact) mass is 464 g/mol. The second-order valence-electron chi connectivity index (χ2n) is 6.54. The molecule has 0 aliphatic carbocycles. The van der Waals surface area contributed by atoms with Gasteiger partial charge in [-0.2, -0.15) is 10.2 Å². The zero-order valence-corrected chi connectivity index (χ0v) is 16.7. The van der Waals surface area contributed by atoms with Gasteiger partial charge in [0.1, 0.15) is 5.75 Å². The molecule has 0 N–H and O–H groups in total. The lowest BCUT2D eigenvalue weighted by atomic mass is 9.98. The lowest BCUT2D eigenvalue weighted by Crippen LogP contribution is -2.25. The van der Waals surface area contributed by atoms with Crippen molar-refractivity contribution in [3.63, 3.8) is 0 Å². The predicted molar refractivity (Wildman–Crippen MR) is 106 cm³/mol. The minimum atomic E-state index is -4.69. The van der Waals surface area contributed by atoms with E-state index in [0.29, 0.717) is 19.6 Å². The van der Waals surface area contributed by atoms with Crippen LogP contribution in [0.2, 0.25) is 0 Å². The number of ether oxygens (including phenoxy) is 1. The van der Waals surface area contributed by atoms with Crippen LogP contribution in [-0.2, 0) is 13.1 Å². The van der Waals surface area contributed by atoms with Gasteiger partial charge in [0.25, 0.3) is 0 Å².